The molecule has 2 amide bonds. The van der Waals surface area contributed by atoms with Crippen LogP contribution < -0.4 is 0 Å². The van der Waals surface area contributed by atoms with E-state index in [1.807, 2.05) is 6.92 Å². The number of rotatable bonds is 3. The molecule has 2 aliphatic rings. The van der Waals surface area contributed by atoms with Crippen LogP contribution in [0.15, 0.2) is 18.2 Å². The quantitative estimate of drug-likeness (QED) is 0.851. The number of piperidine rings is 1. The minimum atomic E-state index is -0.896. The summed E-state index contributed by atoms with van der Waals surface area (Å²) in [6.07, 6.45) is 2.65. The topological polar surface area (TPSA) is 40.6 Å². The van der Waals surface area contributed by atoms with E-state index in [0.29, 0.717) is 32.5 Å². The lowest BCUT2D eigenvalue weighted by molar-refractivity contribution is -0.146. The molecule has 2 fully saturated rings. The molecule has 3 rings (SSSR count). The summed E-state index contributed by atoms with van der Waals surface area (Å²) >= 11 is 0. The molecule has 0 aliphatic carbocycles. The van der Waals surface area contributed by atoms with Crippen molar-refractivity contribution in [2.75, 3.05) is 19.6 Å². The molecular weight excluding hydrogens is 314 g/mol. The highest BCUT2D eigenvalue weighted by Gasteiger charge is 2.49. The average molecular weight is 336 g/mol. The van der Waals surface area contributed by atoms with E-state index < -0.39 is 17.0 Å². The maximum atomic E-state index is 13.9. The molecule has 4 nitrogen and oxygen atoms in total. The summed E-state index contributed by atoms with van der Waals surface area (Å²) in [5, 5.41) is 0. The van der Waals surface area contributed by atoms with Crippen molar-refractivity contribution >= 4 is 11.8 Å². The van der Waals surface area contributed by atoms with Crippen molar-refractivity contribution in [3.05, 3.63) is 35.4 Å². The summed E-state index contributed by atoms with van der Waals surface area (Å²) in [4.78, 5) is 28.3. The highest BCUT2D eigenvalue weighted by molar-refractivity contribution is 5.86. The Kier molecular flexibility index (Phi) is 4.56. The molecule has 2 heterocycles. The van der Waals surface area contributed by atoms with Gasteiger partial charge in [-0.3, -0.25) is 9.59 Å². The first kappa shape index (κ1) is 16.9. The van der Waals surface area contributed by atoms with Crippen LogP contribution in [0.5, 0.6) is 0 Å². The van der Waals surface area contributed by atoms with E-state index in [-0.39, 0.29) is 23.9 Å². The van der Waals surface area contributed by atoms with Crippen LogP contribution in [0.25, 0.3) is 0 Å². The van der Waals surface area contributed by atoms with Gasteiger partial charge in [0.05, 0.1) is 5.41 Å². The Morgan fingerprint density at radius 1 is 1.25 bits per heavy atom. The van der Waals surface area contributed by atoms with Gasteiger partial charge in [0.15, 0.2) is 11.6 Å². The van der Waals surface area contributed by atoms with E-state index in [1.165, 1.54) is 12.1 Å². The van der Waals surface area contributed by atoms with Gasteiger partial charge < -0.3 is 9.80 Å². The number of benzene rings is 1. The summed E-state index contributed by atoms with van der Waals surface area (Å²) in [5.74, 6) is -1.76. The minimum absolute atomic E-state index is 0.0381. The van der Waals surface area contributed by atoms with Gasteiger partial charge in [-0.25, -0.2) is 8.78 Å². The van der Waals surface area contributed by atoms with Gasteiger partial charge >= 0.3 is 0 Å². The molecule has 0 bridgehead atoms. The molecule has 2 saturated heterocycles. The fourth-order valence-corrected chi connectivity index (χ4v) is 3.87. The van der Waals surface area contributed by atoms with Crippen molar-refractivity contribution in [2.24, 2.45) is 5.41 Å². The highest BCUT2D eigenvalue weighted by atomic mass is 19.2. The van der Waals surface area contributed by atoms with Gasteiger partial charge in [-0.1, -0.05) is 19.1 Å². The molecule has 1 aromatic carbocycles. The summed E-state index contributed by atoms with van der Waals surface area (Å²) < 4.78 is 27.3. The second-order valence-corrected chi connectivity index (χ2v) is 6.74. The Morgan fingerprint density at radius 2 is 2.04 bits per heavy atom. The van der Waals surface area contributed by atoms with Crippen molar-refractivity contribution in [1.82, 2.24) is 9.80 Å². The molecule has 1 unspecified atom stereocenters. The molecule has 130 valence electrons. The van der Waals surface area contributed by atoms with Crippen LogP contribution in [0, 0.1) is 17.0 Å². The van der Waals surface area contributed by atoms with Crippen molar-refractivity contribution in [1.29, 1.82) is 0 Å². The predicted octanol–water partition coefficient (Wildman–Crippen LogP) is 2.72. The maximum Gasteiger partial charge on any atom is 0.230 e. The molecule has 24 heavy (non-hydrogen) atoms. The van der Waals surface area contributed by atoms with Gasteiger partial charge in [0.1, 0.15) is 0 Å². The van der Waals surface area contributed by atoms with Crippen molar-refractivity contribution in [3.8, 4) is 0 Å². The molecule has 1 spiro atoms. The second-order valence-electron chi connectivity index (χ2n) is 6.74. The second kappa shape index (κ2) is 6.49. The summed E-state index contributed by atoms with van der Waals surface area (Å²) in [7, 11) is 0. The summed E-state index contributed by atoms with van der Waals surface area (Å²) in [6, 6.07) is 4.03. The van der Waals surface area contributed by atoms with Gasteiger partial charge in [0.25, 0.3) is 0 Å². The SMILES string of the molecule is CCC(=O)N1CCC2(CCCN(Cc3cccc(F)c3F)C2=O)C1. The van der Waals surface area contributed by atoms with E-state index in [2.05, 4.69) is 0 Å². The molecule has 1 aromatic rings. The Hall–Kier alpha value is -1.98. The predicted molar refractivity (Wildman–Crippen MR) is 84.9 cm³/mol. The maximum absolute atomic E-state index is 13.9. The van der Waals surface area contributed by atoms with Crippen LogP contribution >= 0.6 is 0 Å². The molecule has 1 atom stereocenters. The smallest absolute Gasteiger partial charge is 0.230 e. The standard InChI is InChI=1S/C18H22F2N2O2/c1-2-15(23)22-10-8-18(12-22)7-4-9-21(17(18)24)11-13-5-3-6-14(19)16(13)20/h3,5-6H,2,4,7-12H2,1H3. The Labute approximate surface area is 140 Å². The lowest BCUT2D eigenvalue weighted by Crippen LogP contribution is -2.50. The number of amides is 2. The molecule has 6 heteroatoms. The average Bonchev–Trinajstić information content (AvgIpc) is 3.00. The fraction of sp³-hybridized carbons (Fsp3) is 0.556. The van der Waals surface area contributed by atoms with Gasteiger partial charge in [-0.15, -0.1) is 0 Å². The first-order valence-electron chi connectivity index (χ1n) is 8.47. The van der Waals surface area contributed by atoms with Crippen molar-refractivity contribution < 1.29 is 18.4 Å². The van der Waals surface area contributed by atoms with Gasteiger partial charge in [-0.05, 0) is 25.3 Å². The first-order valence-corrected chi connectivity index (χ1v) is 8.47. The van der Waals surface area contributed by atoms with Crippen LogP contribution in [0.2, 0.25) is 0 Å². The number of carbonyl (C=O) groups excluding carboxylic acids is 2. The minimum Gasteiger partial charge on any atom is -0.342 e. The Bertz CT molecular complexity index is 664. The van der Waals surface area contributed by atoms with E-state index in [1.54, 1.807) is 9.80 Å². The number of nitrogens with zero attached hydrogens (tertiary/aromatic N) is 2. The zero-order valence-electron chi connectivity index (χ0n) is 13.9. The molecule has 0 N–H and O–H groups in total. The molecule has 0 aromatic heterocycles. The summed E-state index contributed by atoms with van der Waals surface area (Å²) in [5.41, 5.74) is -0.354. The Morgan fingerprint density at radius 3 is 2.79 bits per heavy atom. The lowest BCUT2D eigenvalue weighted by Gasteiger charge is -2.39. The zero-order valence-corrected chi connectivity index (χ0v) is 13.9. The van der Waals surface area contributed by atoms with Gasteiger partial charge in [0, 0.05) is 38.2 Å². The molecular formula is C18H22F2N2O2. The van der Waals surface area contributed by atoms with Crippen LogP contribution in [0.3, 0.4) is 0 Å². The van der Waals surface area contributed by atoms with Crippen LogP contribution in [0.1, 0.15) is 38.2 Å². The number of carbonyl (C=O) groups is 2. The Balaban J connectivity index is 1.76. The third-order valence-corrected chi connectivity index (χ3v) is 5.23. The van der Waals surface area contributed by atoms with Gasteiger partial charge in [0.2, 0.25) is 11.8 Å². The van der Waals surface area contributed by atoms with E-state index in [0.717, 1.165) is 18.9 Å². The van der Waals surface area contributed by atoms with E-state index in [9.17, 15) is 18.4 Å². The third-order valence-electron chi connectivity index (χ3n) is 5.23. The molecule has 2 aliphatic heterocycles. The van der Waals surface area contributed by atoms with E-state index >= 15 is 0 Å². The number of halogens is 2. The molecule has 0 saturated carbocycles. The van der Waals surface area contributed by atoms with Crippen molar-refractivity contribution in [2.45, 2.75) is 39.2 Å². The van der Waals surface area contributed by atoms with Crippen LogP contribution in [-0.4, -0.2) is 41.2 Å². The molecule has 0 radical (unpaired) electrons. The number of hydrogen-bond acceptors (Lipinski definition) is 2. The van der Waals surface area contributed by atoms with Crippen LogP contribution in [-0.2, 0) is 16.1 Å². The normalized spacial score (nSPS) is 24.0. The fourth-order valence-electron chi connectivity index (χ4n) is 3.87. The number of hydrogen-bond donors (Lipinski definition) is 0. The monoisotopic (exact) mass is 336 g/mol. The zero-order chi connectivity index (χ0) is 17.3. The van der Waals surface area contributed by atoms with Gasteiger partial charge in [-0.2, -0.15) is 0 Å². The summed E-state index contributed by atoms with van der Waals surface area (Å²) in [6.45, 7) is 3.47. The third kappa shape index (κ3) is 2.89. The first-order chi connectivity index (χ1) is 11.5. The number of likely N-dealkylation sites (tertiary alicyclic amines) is 2. The lowest BCUT2D eigenvalue weighted by atomic mass is 9.78. The highest BCUT2D eigenvalue weighted by Crippen LogP contribution is 2.40. The largest absolute Gasteiger partial charge is 0.342 e. The van der Waals surface area contributed by atoms with Crippen molar-refractivity contribution in [3.63, 3.8) is 0 Å². The van der Waals surface area contributed by atoms with Crippen LogP contribution in [0.4, 0.5) is 8.78 Å². The van der Waals surface area contributed by atoms with E-state index in [4.69, 9.17) is 0 Å².